The van der Waals surface area contributed by atoms with Gasteiger partial charge in [-0.2, -0.15) is 5.48 Å². The van der Waals surface area contributed by atoms with E-state index in [0.717, 1.165) is 5.56 Å². The molecule has 7 heteroatoms. The Kier molecular flexibility index (Phi) is 6.62. The van der Waals surface area contributed by atoms with Gasteiger partial charge in [-0.15, -0.1) is 0 Å². The van der Waals surface area contributed by atoms with Crippen molar-refractivity contribution in [3.8, 4) is 5.75 Å². The SMILES string of the molecule is CC(C)[C@H](NOCc1ccccc1)C(=O)Oc1ccc([N+](=O)[O-])cc1. The molecule has 0 aliphatic rings. The van der Waals surface area contributed by atoms with Gasteiger partial charge in [-0.25, -0.2) is 4.79 Å². The normalized spacial score (nSPS) is 12.0. The van der Waals surface area contributed by atoms with E-state index in [2.05, 4.69) is 5.48 Å². The fraction of sp³-hybridized carbons (Fsp3) is 0.278. The number of non-ortho nitro benzene ring substituents is 1. The standard InChI is InChI=1S/C18H20N2O5/c1-13(2)17(19-24-12-14-6-4-3-5-7-14)18(21)25-16-10-8-15(9-11-16)20(22)23/h3-11,13,17,19H,12H2,1-2H3/t17-/m0/s1. The summed E-state index contributed by atoms with van der Waals surface area (Å²) in [6.45, 7) is 4.04. The first-order chi connectivity index (χ1) is 12.0. The van der Waals surface area contributed by atoms with E-state index in [1.807, 2.05) is 44.2 Å². The molecule has 0 saturated carbocycles. The molecule has 0 heterocycles. The Bertz CT molecular complexity index is 701. The molecule has 0 radical (unpaired) electrons. The Hall–Kier alpha value is -2.77. The Morgan fingerprint density at radius 2 is 1.76 bits per heavy atom. The first-order valence-electron chi connectivity index (χ1n) is 7.84. The van der Waals surface area contributed by atoms with E-state index in [1.54, 1.807) is 0 Å². The second-order valence-electron chi connectivity index (χ2n) is 5.79. The van der Waals surface area contributed by atoms with Crippen molar-refractivity contribution in [1.29, 1.82) is 0 Å². The fourth-order valence-electron chi connectivity index (χ4n) is 2.06. The number of esters is 1. The van der Waals surface area contributed by atoms with Gasteiger partial charge in [0.25, 0.3) is 5.69 Å². The Labute approximate surface area is 145 Å². The van der Waals surface area contributed by atoms with E-state index < -0.39 is 16.9 Å². The van der Waals surface area contributed by atoms with Gasteiger partial charge in [-0.05, 0) is 23.6 Å². The third-order valence-electron chi connectivity index (χ3n) is 3.48. The molecular formula is C18H20N2O5. The van der Waals surface area contributed by atoms with Crippen LogP contribution in [0.4, 0.5) is 5.69 Å². The van der Waals surface area contributed by atoms with E-state index in [4.69, 9.17) is 9.57 Å². The first kappa shape index (κ1) is 18.6. The summed E-state index contributed by atoms with van der Waals surface area (Å²) < 4.78 is 5.27. The summed E-state index contributed by atoms with van der Waals surface area (Å²) in [7, 11) is 0. The number of carbonyl (C=O) groups is 1. The van der Waals surface area contributed by atoms with Crippen LogP contribution in [0.1, 0.15) is 19.4 Å². The Morgan fingerprint density at radius 3 is 2.32 bits per heavy atom. The van der Waals surface area contributed by atoms with Crippen molar-refractivity contribution in [1.82, 2.24) is 5.48 Å². The number of carbonyl (C=O) groups excluding carboxylic acids is 1. The van der Waals surface area contributed by atoms with Crippen LogP contribution in [0.5, 0.6) is 5.75 Å². The van der Waals surface area contributed by atoms with E-state index in [9.17, 15) is 14.9 Å². The highest BCUT2D eigenvalue weighted by Gasteiger charge is 2.24. The van der Waals surface area contributed by atoms with Gasteiger partial charge in [-0.1, -0.05) is 44.2 Å². The van der Waals surface area contributed by atoms with Gasteiger partial charge in [0, 0.05) is 12.1 Å². The molecule has 0 aliphatic heterocycles. The summed E-state index contributed by atoms with van der Waals surface area (Å²) in [4.78, 5) is 27.9. The molecule has 0 fully saturated rings. The lowest BCUT2D eigenvalue weighted by Crippen LogP contribution is -2.43. The third-order valence-corrected chi connectivity index (χ3v) is 3.48. The van der Waals surface area contributed by atoms with Gasteiger partial charge in [0.1, 0.15) is 11.8 Å². The molecule has 0 aromatic heterocycles. The minimum absolute atomic E-state index is 0.0653. The van der Waals surface area contributed by atoms with Crippen LogP contribution in [-0.2, 0) is 16.2 Å². The van der Waals surface area contributed by atoms with Crippen molar-refractivity contribution in [2.75, 3.05) is 0 Å². The van der Waals surface area contributed by atoms with Gasteiger partial charge in [0.15, 0.2) is 0 Å². The number of nitrogens with one attached hydrogen (secondary N) is 1. The van der Waals surface area contributed by atoms with Crippen LogP contribution in [0.25, 0.3) is 0 Å². The number of hydrogen-bond donors (Lipinski definition) is 1. The zero-order valence-corrected chi connectivity index (χ0v) is 14.0. The summed E-state index contributed by atoms with van der Waals surface area (Å²) in [5.74, 6) is -0.343. The molecule has 0 unspecified atom stereocenters. The smallest absolute Gasteiger partial charge is 0.331 e. The molecule has 2 aromatic rings. The summed E-state index contributed by atoms with van der Waals surface area (Å²) in [6.07, 6.45) is 0. The molecule has 132 valence electrons. The van der Waals surface area contributed by atoms with Crippen molar-refractivity contribution in [3.63, 3.8) is 0 Å². The zero-order chi connectivity index (χ0) is 18.2. The second-order valence-corrected chi connectivity index (χ2v) is 5.79. The topological polar surface area (TPSA) is 90.7 Å². The molecule has 1 atom stereocenters. The molecule has 0 aliphatic carbocycles. The number of nitrogens with zero attached hydrogens (tertiary/aromatic N) is 1. The summed E-state index contributed by atoms with van der Waals surface area (Å²) in [6, 6.07) is 14.2. The van der Waals surface area contributed by atoms with Crippen LogP contribution < -0.4 is 10.2 Å². The van der Waals surface area contributed by atoms with Gasteiger partial charge in [0.05, 0.1) is 11.5 Å². The van der Waals surface area contributed by atoms with Crippen LogP contribution in [0.15, 0.2) is 54.6 Å². The molecule has 7 nitrogen and oxygen atoms in total. The maximum atomic E-state index is 12.3. The van der Waals surface area contributed by atoms with Crippen LogP contribution in [0.3, 0.4) is 0 Å². The van der Waals surface area contributed by atoms with Crippen molar-refractivity contribution in [3.05, 3.63) is 70.3 Å². The van der Waals surface area contributed by atoms with E-state index in [1.165, 1.54) is 24.3 Å². The molecule has 0 spiro atoms. The van der Waals surface area contributed by atoms with Crippen molar-refractivity contribution in [2.45, 2.75) is 26.5 Å². The van der Waals surface area contributed by atoms with E-state index >= 15 is 0 Å². The highest BCUT2D eigenvalue weighted by Crippen LogP contribution is 2.18. The molecule has 0 bridgehead atoms. The predicted molar refractivity (Wildman–Crippen MR) is 91.7 cm³/mol. The highest BCUT2D eigenvalue weighted by molar-refractivity contribution is 5.78. The summed E-state index contributed by atoms with van der Waals surface area (Å²) >= 11 is 0. The highest BCUT2D eigenvalue weighted by atomic mass is 16.7. The van der Waals surface area contributed by atoms with Crippen molar-refractivity contribution >= 4 is 11.7 Å². The molecule has 0 amide bonds. The maximum absolute atomic E-state index is 12.3. The van der Waals surface area contributed by atoms with Crippen LogP contribution in [-0.4, -0.2) is 16.9 Å². The lowest BCUT2D eigenvalue weighted by molar-refractivity contribution is -0.384. The fourth-order valence-corrected chi connectivity index (χ4v) is 2.06. The van der Waals surface area contributed by atoms with E-state index in [-0.39, 0.29) is 17.4 Å². The predicted octanol–water partition coefficient (Wildman–Crippen LogP) is 3.25. The minimum atomic E-state index is -0.668. The van der Waals surface area contributed by atoms with Gasteiger partial charge >= 0.3 is 5.97 Å². The zero-order valence-electron chi connectivity index (χ0n) is 14.0. The lowest BCUT2D eigenvalue weighted by Gasteiger charge is -2.20. The summed E-state index contributed by atoms with van der Waals surface area (Å²) in [5.41, 5.74) is 3.64. The average molecular weight is 344 g/mol. The second kappa shape index (κ2) is 8.91. The largest absolute Gasteiger partial charge is 0.425 e. The average Bonchev–Trinajstić information content (AvgIpc) is 2.59. The number of nitro groups is 1. The molecule has 0 saturated heterocycles. The summed E-state index contributed by atoms with van der Waals surface area (Å²) in [5, 5.41) is 10.6. The quantitative estimate of drug-likeness (QED) is 0.342. The molecule has 1 N–H and O–H groups in total. The van der Waals surface area contributed by atoms with Crippen molar-refractivity contribution < 1.29 is 19.3 Å². The number of benzene rings is 2. The number of hydrogen-bond acceptors (Lipinski definition) is 6. The monoisotopic (exact) mass is 344 g/mol. The first-order valence-corrected chi connectivity index (χ1v) is 7.84. The van der Waals surface area contributed by atoms with Crippen LogP contribution in [0.2, 0.25) is 0 Å². The number of rotatable bonds is 8. The van der Waals surface area contributed by atoms with Gasteiger partial charge in [-0.3, -0.25) is 15.0 Å². The van der Waals surface area contributed by atoms with Crippen LogP contribution >= 0.6 is 0 Å². The number of ether oxygens (including phenoxy) is 1. The minimum Gasteiger partial charge on any atom is -0.425 e. The third kappa shape index (κ3) is 5.66. The lowest BCUT2D eigenvalue weighted by atomic mass is 10.1. The van der Waals surface area contributed by atoms with Crippen molar-refractivity contribution in [2.24, 2.45) is 5.92 Å². The molecule has 25 heavy (non-hydrogen) atoms. The Morgan fingerprint density at radius 1 is 1.12 bits per heavy atom. The number of nitro benzene ring substituents is 1. The van der Waals surface area contributed by atoms with Gasteiger partial charge < -0.3 is 4.74 Å². The maximum Gasteiger partial charge on any atom is 0.331 e. The molecule has 2 rings (SSSR count). The van der Waals surface area contributed by atoms with Crippen LogP contribution in [0, 0.1) is 16.0 Å². The molecular weight excluding hydrogens is 324 g/mol. The van der Waals surface area contributed by atoms with E-state index in [0.29, 0.717) is 6.61 Å². The molecule has 2 aromatic carbocycles. The Balaban J connectivity index is 1.92. The number of hydroxylamine groups is 1. The van der Waals surface area contributed by atoms with Gasteiger partial charge in [0.2, 0.25) is 0 Å².